The molecule has 0 spiro atoms. The van der Waals surface area contributed by atoms with E-state index in [9.17, 15) is 9.18 Å². The van der Waals surface area contributed by atoms with Crippen molar-refractivity contribution in [2.75, 3.05) is 5.32 Å². The first-order valence-corrected chi connectivity index (χ1v) is 8.43. The van der Waals surface area contributed by atoms with Crippen molar-refractivity contribution in [1.82, 2.24) is 14.5 Å². The fraction of sp³-hybridized carbons (Fsp3) is 0.235. The van der Waals surface area contributed by atoms with Crippen molar-refractivity contribution in [2.45, 2.75) is 26.2 Å². The van der Waals surface area contributed by atoms with Crippen LogP contribution in [0.4, 0.5) is 10.1 Å². The summed E-state index contributed by atoms with van der Waals surface area (Å²) in [4.78, 5) is 20.4. The Bertz CT molecular complexity index is 842. The second kappa shape index (κ2) is 6.92. The molecule has 124 valence electrons. The van der Waals surface area contributed by atoms with Crippen molar-refractivity contribution in [1.29, 1.82) is 0 Å². The van der Waals surface area contributed by atoms with Crippen LogP contribution in [0.15, 0.2) is 42.3 Å². The highest BCUT2D eigenvalue weighted by Gasteiger charge is 2.11. The number of amides is 1. The molecule has 3 aromatic rings. The zero-order chi connectivity index (χ0) is 17.1. The first-order chi connectivity index (χ1) is 11.5. The predicted molar refractivity (Wildman–Crippen MR) is 92.1 cm³/mol. The number of halogens is 1. The summed E-state index contributed by atoms with van der Waals surface area (Å²) in [7, 11) is 0. The molecular weight excluding hydrogens is 327 g/mol. The normalized spacial score (nSPS) is 11.0. The quantitative estimate of drug-likeness (QED) is 0.766. The average Bonchev–Trinajstić information content (AvgIpc) is 3.18. The Hall–Kier alpha value is -2.54. The summed E-state index contributed by atoms with van der Waals surface area (Å²) in [6.07, 6.45) is 4.93. The monoisotopic (exact) mass is 344 g/mol. The molecule has 2 heterocycles. The van der Waals surface area contributed by atoms with Crippen molar-refractivity contribution in [2.24, 2.45) is 0 Å². The van der Waals surface area contributed by atoms with Gasteiger partial charge in [-0.25, -0.2) is 14.4 Å². The van der Waals surface area contributed by atoms with Crippen molar-refractivity contribution >= 4 is 22.9 Å². The number of carbonyl (C=O) groups is 1. The van der Waals surface area contributed by atoms with Crippen LogP contribution in [0, 0.1) is 5.82 Å². The SMILES string of the molecule is CC(C)c1nc(CC(=O)Nc2ccc(-n3ccnc3)c(F)c2)cs1. The maximum Gasteiger partial charge on any atom is 0.230 e. The van der Waals surface area contributed by atoms with Gasteiger partial charge in [0.2, 0.25) is 5.91 Å². The van der Waals surface area contributed by atoms with Gasteiger partial charge in [-0.05, 0) is 18.2 Å². The van der Waals surface area contributed by atoms with Gasteiger partial charge < -0.3 is 9.88 Å². The van der Waals surface area contributed by atoms with Gasteiger partial charge in [0.05, 0.1) is 29.1 Å². The van der Waals surface area contributed by atoms with Crippen molar-refractivity contribution in [3.8, 4) is 5.69 Å². The third kappa shape index (κ3) is 3.68. The molecule has 0 radical (unpaired) electrons. The molecule has 1 aromatic carbocycles. The summed E-state index contributed by atoms with van der Waals surface area (Å²) in [6, 6.07) is 4.57. The number of carbonyl (C=O) groups excluding carboxylic acids is 1. The van der Waals surface area contributed by atoms with E-state index in [1.165, 1.54) is 12.4 Å². The molecule has 1 N–H and O–H groups in total. The number of nitrogens with one attached hydrogen (secondary N) is 1. The summed E-state index contributed by atoms with van der Waals surface area (Å²) in [5, 5.41) is 5.60. The number of anilines is 1. The molecule has 0 saturated carbocycles. The van der Waals surface area contributed by atoms with E-state index in [-0.39, 0.29) is 12.3 Å². The largest absolute Gasteiger partial charge is 0.326 e. The van der Waals surface area contributed by atoms with Crippen LogP contribution in [0.2, 0.25) is 0 Å². The lowest BCUT2D eigenvalue weighted by molar-refractivity contribution is -0.115. The first kappa shape index (κ1) is 16.3. The molecular formula is C17H17FN4OS. The van der Waals surface area contributed by atoms with Gasteiger partial charge in [0.1, 0.15) is 5.82 Å². The summed E-state index contributed by atoms with van der Waals surface area (Å²) in [5.41, 5.74) is 1.53. The minimum Gasteiger partial charge on any atom is -0.326 e. The van der Waals surface area contributed by atoms with Gasteiger partial charge in [0.25, 0.3) is 0 Å². The fourth-order valence-corrected chi connectivity index (χ4v) is 3.07. The summed E-state index contributed by atoms with van der Waals surface area (Å²) < 4.78 is 15.7. The zero-order valence-electron chi connectivity index (χ0n) is 13.4. The standard InChI is InChI=1S/C17H17FN4OS/c1-11(2)17-21-13(9-24-17)8-16(23)20-12-3-4-15(14(18)7-12)22-6-5-19-10-22/h3-7,9-11H,8H2,1-2H3,(H,20,23). The van der Waals surface area contributed by atoms with Crippen LogP contribution in [-0.4, -0.2) is 20.4 Å². The highest BCUT2D eigenvalue weighted by atomic mass is 32.1. The summed E-state index contributed by atoms with van der Waals surface area (Å²) >= 11 is 1.55. The van der Waals surface area contributed by atoms with E-state index in [4.69, 9.17) is 0 Å². The fourth-order valence-electron chi connectivity index (χ4n) is 2.23. The van der Waals surface area contributed by atoms with Crippen molar-refractivity contribution < 1.29 is 9.18 Å². The number of hydrogen-bond donors (Lipinski definition) is 1. The van der Waals surface area contributed by atoms with E-state index in [1.54, 1.807) is 40.4 Å². The van der Waals surface area contributed by atoms with Crippen LogP contribution in [0.1, 0.15) is 30.5 Å². The minimum absolute atomic E-state index is 0.175. The Morgan fingerprint density at radius 1 is 1.42 bits per heavy atom. The third-order valence-corrected chi connectivity index (χ3v) is 4.61. The van der Waals surface area contributed by atoms with E-state index in [0.717, 1.165) is 10.7 Å². The minimum atomic E-state index is -0.429. The van der Waals surface area contributed by atoms with Crippen molar-refractivity contribution in [3.63, 3.8) is 0 Å². The second-order valence-electron chi connectivity index (χ2n) is 5.69. The maximum atomic E-state index is 14.2. The number of aromatic nitrogens is 3. The highest BCUT2D eigenvalue weighted by Crippen LogP contribution is 2.21. The van der Waals surface area contributed by atoms with E-state index < -0.39 is 5.82 Å². The number of benzene rings is 1. The Morgan fingerprint density at radius 2 is 2.25 bits per heavy atom. The second-order valence-corrected chi connectivity index (χ2v) is 6.58. The molecule has 0 fully saturated rings. The maximum absolute atomic E-state index is 14.2. The predicted octanol–water partition coefficient (Wildman–Crippen LogP) is 3.77. The van der Waals surface area contributed by atoms with Gasteiger partial charge in [-0.3, -0.25) is 4.79 Å². The van der Waals surface area contributed by atoms with Gasteiger partial charge in [-0.15, -0.1) is 11.3 Å². The molecule has 0 bridgehead atoms. The van der Waals surface area contributed by atoms with E-state index in [0.29, 0.717) is 17.3 Å². The highest BCUT2D eigenvalue weighted by molar-refractivity contribution is 7.09. The molecule has 0 atom stereocenters. The molecule has 5 nitrogen and oxygen atoms in total. The Balaban J connectivity index is 1.67. The molecule has 1 amide bonds. The zero-order valence-corrected chi connectivity index (χ0v) is 14.2. The van der Waals surface area contributed by atoms with Gasteiger partial charge in [0.15, 0.2) is 0 Å². The average molecular weight is 344 g/mol. The Morgan fingerprint density at radius 3 is 2.88 bits per heavy atom. The number of thiazole rings is 1. The van der Waals surface area contributed by atoms with Crippen LogP contribution >= 0.6 is 11.3 Å². The lowest BCUT2D eigenvalue weighted by Crippen LogP contribution is -2.15. The summed E-state index contributed by atoms with van der Waals surface area (Å²) in [5.74, 6) is -0.302. The van der Waals surface area contributed by atoms with Crippen LogP contribution in [0.5, 0.6) is 0 Å². The van der Waals surface area contributed by atoms with Crippen LogP contribution in [0.3, 0.4) is 0 Å². The first-order valence-electron chi connectivity index (χ1n) is 7.55. The number of nitrogens with zero attached hydrogens (tertiary/aromatic N) is 3. The molecule has 0 aliphatic heterocycles. The lowest BCUT2D eigenvalue weighted by Gasteiger charge is -2.08. The molecule has 24 heavy (non-hydrogen) atoms. The smallest absolute Gasteiger partial charge is 0.230 e. The van der Waals surface area contributed by atoms with E-state index >= 15 is 0 Å². The van der Waals surface area contributed by atoms with Crippen LogP contribution in [-0.2, 0) is 11.2 Å². The van der Waals surface area contributed by atoms with Gasteiger partial charge in [0, 0.05) is 29.4 Å². The molecule has 0 aliphatic rings. The van der Waals surface area contributed by atoms with E-state index in [1.807, 2.05) is 5.38 Å². The van der Waals surface area contributed by atoms with Crippen molar-refractivity contribution in [3.05, 3.63) is 58.8 Å². The van der Waals surface area contributed by atoms with Crippen LogP contribution in [0.25, 0.3) is 5.69 Å². The lowest BCUT2D eigenvalue weighted by atomic mass is 10.2. The molecule has 0 unspecified atom stereocenters. The molecule has 0 aliphatic carbocycles. The Labute approximate surface area is 143 Å². The molecule has 0 saturated heterocycles. The molecule has 7 heteroatoms. The molecule has 3 rings (SSSR count). The van der Waals surface area contributed by atoms with Crippen LogP contribution < -0.4 is 5.32 Å². The van der Waals surface area contributed by atoms with Gasteiger partial charge >= 0.3 is 0 Å². The van der Waals surface area contributed by atoms with Gasteiger partial charge in [-0.2, -0.15) is 0 Å². The van der Waals surface area contributed by atoms with E-state index in [2.05, 4.69) is 29.1 Å². The topological polar surface area (TPSA) is 59.8 Å². The Kier molecular flexibility index (Phi) is 4.71. The third-order valence-electron chi connectivity index (χ3n) is 3.42. The summed E-state index contributed by atoms with van der Waals surface area (Å²) in [6.45, 7) is 4.13. The van der Waals surface area contributed by atoms with Gasteiger partial charge in [-0.1, -0.05) is 13.8 Å². The number of imidazole rings is 1. The molecule has 2 aromatic heterocycles. The number of hydrogen-bond acceptors (Lipinski definition) is 4. The number of rotatable bonds is 5.